The first-order valence-corrected chi connectivity index (χ1v) is 4.98. The standard InChI is InChI=1S/C10H12FN5/c1-12-6-7-16-14-10(13-15-16)8-2-4-9(11)5-3-8/h2-5,12H,6-7H2,1H3. The summed E-state index contributed by atoms with van der Waals surface area (Å²) in [6.45, 7) is 1.43. The Kier molecular flexibility index (Phi) is 3.21. The highest BCUT2D eigenvalue weighted by molar-refractivity contribution is 5.53. The highest BCUT2D eigenvalue weighted by Crippen LogP contribution is 2.13. The summed E-state index contributed by atoms with van der Waals surface area (Å²) in [6, 6.07) is 6.02. The van der Waals surface area contributed by atoms with E-state index in [2.05, 4.69) is 20.7 Å². The van der Waals surface area contributed by atoms with E-state index in [0.29, 0.717) is 12.4 Å². The van der Waals surface area contributed by atoms with Crippen LogP contribution in [0, 0.1) is 5.82 Å². The molecule has 0 atom stereocenters. The Morgan fingerprint density at radius 1 is 1.31 bits per heavy atom. The number of aromatic nitrogens is 4. The van der Waals surface area contributed by atoms with E-state index in [-0.39, 0.29) is 5.82 Å². The smallest absolute Gasteiger partial charge is 0.204 e. The number of nitrogens with zero attached hydrogens (tertiary/aromatic N) is 4. The summed E-state index contributed by atoms with van der Waals surface area (Å²) in [7, 11) is 1.86. The van der Waals surface area contributed by atoms with E-state index < -0.39 is 0 Å². The van der Waals surface area contributed by atoms with Crippen LogP contribution in [0.15, 0.2) is 24.3 Å². The van der Waals surface area contributed by atoms with E-state index in [9.17, 15) is 4.39 Å². The molecule has 1 aromatic heterocycles. The van der Waals surface area contributed by atoms with Gasteiger partial charge in [0.1, 0.15) is 5.82 Å². The van der Waals surface area contributed by atoms with Crippen molar-refractivity contribution in [3.63, 3.8) is 0 Å². The molecule has 84 valence electrons. The molecular weight excluding hydrogens is 209 g/mol. The Balaban J connectivity index is 2.15. The van der Waals surface area contributed by atoms with Crippen molar-refractivity contribution in [1.29, 1.82) is 0 Å². The molecule has 1 aromatic carbocycles. The molecule has 0 amide bonds. The molecular formula is C10H12FN5. The van der Waals surface area contributed by atoms with Gasteiger partial charge in [0, 0.05) is 12.1 Å². The monoisotopic (exact) mass is 221 g/mol. The highest BCUT2D eigenvalue weighted by atomic mass is 19.1. The van der Waals surface area contributed by atoms with Crippen LogP contribution < -0.4 is 5.32 Å². The van der Waals surface area contributed by atoms with Gasteiger partial charge in [-0.15, -0.1) is 10.2 Å². The highest BCUT2D eigenvalue weighted by Gasteiger charge is 2.05. The maximum Gasteiger partial charge on any atom is 0.204 e. The average Bonchev–Trinajstić information content (AvgIpc) is 2.76. The topological polar surface area (TPSA) is 55.6 Å². The van der Waals surface area contributed by atoms with Gasteiger partial charge >= 0.3 is 0 Å². The summed E-state index contributed by atoms with van der Waals surface area (Å²) in [6.07, 6.45) is 0. The summed E-state index contributed by atoms with van der Waals surface area (Å²) >= 11 is 0. The van der Waals surface area contributed by atoms with Gasteiger partial charge in [-0.3, -0.25) is 0 Å². The molecule has 1 N–H and O–H groups in total. The fraction of sp³-hybridized carbons (Fsp3) is 0.300. The van der Waals surface area contributed by atoms with E-state index >= 15 is 0 Å². The summed E-state index contributed by atoms with van der Waals surface area (Å²) in [4.78, 5) is 1.51. The maximum atomic E-state index is 12.7. The van der Waals surface area contributed by atoms with Gasteiger partial charge in [-0.1, -0.05) is 0 Å². The first-order valence-electron chi connectivity index (χ1n) is 4.98. The molecule has 0 saturated carbocycles. The van der Waals surface area contributed by atoms with Gasteiger partial charge in [0.25, 0.3) is 0 Å². The van der Waals surface area contributed by atoms with Crippen molar-refractivity contribution in [1.82, 2.24) is 25.5 Å². The molecule has 16 heavy (non-hydrogen) atoms. The third-order valence-electron chi connectivity index (χ3n) is 2.12. The van der Waals surface area contributed by atoms with Crippen molar-refractivity contribution < 1.29 is 4.39 Å². The van der Waals surface area contributed by atoms with Crippen LogP contribution in [0.3, 0.4) is 0 Å². The van der Waals surface area contributed by atoms with Gasteiger partial charge in [0.15, 0.2) is 0 Å². The molecule has 5 nitrogen and oxygen atoms in total. The van der Waals surface area contributed by atoms with E-state index in [1.807, 2.05) is 7.05 Å². The van der Waals surface area contributed by atoms with Crippen molar-refractivity contribution in [3.8, 4) is 11.4 Å². The summed E-state index contributed by atoms with van der Waals surface area (Å²) in [5.74, 6) is 0.238. The number of hydrogen-bond acceptors (Lipinski definition) is 4. The Labute approximate surface area is 92.3 Å². The normalized spacial score (nSPS) is 10.6. The molecule has 1 heterocycles. The third kappa shape index (κ3) is 2.40. The number of nitrogens with one attached hydrogen (secondary N) is 1. The molecule has 0 spiro atoms. The fourth-order valence-electron chi connectivity index (χ4n) is 1.26. The lowest BCUT2D eigenvalue weighted by atomic mass is 10.2. The number of rotatable bonds is 4. The van der Waals surface area contributed by atoms with Crippen LogP contribution in [0.4, 0.5) is 4.39 Å². The summed E-state index contributed by atoms with van der Waals surface area (Å²) in [5.41, 5.74) is 0.761. The predicted molar refractivity (Wildman–Crippen MR) is 57.1 cm³/mol. The number of halogens is 1. The molecule has 0 aliphatic heterocycles. The zero-order valence-electron chi connectivity index (χ0n) is 8.89. The molecule has 0 saturated heterocycles. The first kappa shape index (κ1) is 10.7. The van der Waals surface area contributed by atoms with E-state index in [1.54, 1.807) is 12.1 Å². The van der Waals surface area contributed by atoms with Crippen molar-refractivity contribution in [2.75, 3.05) is 13.6 Å². The number of benzene rings is 1. The average molecular weight is 221 g/mol. The molecule has 6 heteroatoms. The van der Waals surface area contributed by atoms with Gasteiger partial charge in [-0.05, 0) is 36.5 Å². The minimum Gasteiger partial charge on any atom is -0.318 e. The van der Waals surface area contributed by atoms with E-state index in [0.717, 1.165) is 12.1 Å². The summed E-state index contributed by atoms with van der Waals surface area (Å²) < 4.78 is 12.7. The van der Waals surface area contributed by atoms with Crippen molar-refractivity contribution >= 4 is 0 Å². The molecule has 2 aromatic rings. The lowest BCUT2D eigenvalue weighted by Crippen LogP contribution is -2.16. The molecule has 0 radical (unpaired) electrons. The Morgan fingerprint density at radius 2 is 2.06 bits per heavy atom. The molecule has 2 rings (SSSR count). The minimum absolute atomic E-state index is 0.272. The summed E-state index contributed by atoms with van der Waals surface area (Å²) in [5, 5.41) is 15.0. The van der Waals surface area contributed by atoms with Gasteiger partial charge in [0.2, 0.25) is 5.82 Å². The third-order valence-corrected chi connectivity index (χ3v) is 2.12. The molecule has 0 fully saturated rings. The fourth-order valence-corrected chi connectivity index (χ4v) is 1.26. The largest absolute Gasteiger partial charge is 0.318 e. The van der Waals surface area contributed by atoms with Gasteiger partial charge < -0.3 is 5.32 Å². The van der Waals surface area contributed by atoms with E-state index in [4.69, 9.17) is 0 Å². The van der Waals surface area contributed by atoms with Crippen molar-refractivity contribution in [3.05, 3.63) is 30.1 Å². The minimum atomic E-state index is -0.272. The number of likely N-dealkylation sites (N-methyl/N-ethyl adjacent to an activating group) is 1. The maximum absolute atomic E-state index is 12.7. The van der Waals surface area contributed by atoms with Crippen LogP contribution in [0.5, 0.6) is 0 Å². The molecule has 0 aliphatic carbocycles. The van der Waals surface area contributed by atoms with Crippen LogP contribution in [-0.4, -0.2) is 33.8 Å². The van der Waals surface area contributed by atoms with Crippen LogP contribution in [-0.2, 0) is 6.54 Å². The van der Waals surface area contributed by atoms with E-state index in [1.165, 1.54) is 16.9 Å². The predicted octanol–water partition coefficient (Wildman–Crippen LogP) is 0.699. The Morgan fingerprint density at radius 3 is 2.75 bits per heavy atom. The quantitative estimate of drug-likeness (QED) is 0.825. The SMILES string of the molecule is CNCCn1nnc(-c2ccc(F)cc2)n1. The zero-order chi connectivity index (χ0) is 11.4. The molecule has 0 aliphatic rings. The van der Waals surface area contributed by atoms with Crippen molar-refractivity contribution in [2.45, 2.75) is 6.54 Å². The second kappa shape index (κ2) is 4.80. The van der Waals surface area contributed by atoms with Crippen LogP contribution in [0.25, 0.3) is 11.4 Å². The second-order valence-electron chi connectivity index (χ2n) is 3.32. The molecule has 0 bridgehead atoms. The Bertz CT molecular complexity index is 450. The lowest BCUT2D eigenvalue weighted by molar-refractivity contribution is 0.507. The first-order chi connectivity index (χ1) is 7.79. The van der Waals surface area contributed by atoms with Crippen LogP contribution in [0.2, 0.25) is 0 Å². The second-order valence-corrected chi connectivity index (χ2v) is 3.32. The molecule has 0 unspecified atom stereocenters. The number of hydrogen-bond donors (Lipinski definition) is 1. The van der Waals surface area contributed by atoms with Gasteiger partial charge in [-0.25, -0.2) is 4.39 Å². The Hall–Kier alpha value is -1.82. The zero-order valence-corrected chi connectivity index (χ0v) is 8.89. The van der Waals surface area contributed by atoms with Crippen molar-refractivity contribution in [2.24, 2.45) is 0 Å². The van der Waals surface area contributed by atoms with Crippen LogP contribution >= 0.6 is 0 Å². The van der Waals surface area contributed by atoms with Crippen LogP contribution in [0.1, 0.15) is 0 Å². The number of tetrazole rings is 1. The van der Waals surface area contributed by atoms with Gasteiger partial charge in [-0.2, -0.15) is 4.80 Å². The lowest BCUT2D eigenvalue weighted by Gasteiger charge is -1.96. The van der Waals surface area contributed by atoms with Gasteiger partial charge in [0.05, 0.1) is 6.54 Å².